The van der Waals surface area contributed by atoms with E-state index in [2.05, 4.69) is 10.6 Å². The molecule has 0 aromatic heterocycles. The quantitative estimate of drug-likeness (QED) is 0.497. The SMILES string of the molecule is CNCCC(=O)NC(C)CC(N)=O. The second-order valence-corrected chi connectivity index (χ2v) is 2.99. The summed E-state index contributed by atoms with van der Waals surface area (Å²) in [5.74, 6) is -0.468. The minimum atomic E-state index is -0.401. The van der Waals surface area contributed by atoms with Crippen LogP contribution in [0.25, 0.3) is 0 Å². The number of amides is 2. The minimum absolute atomic E-state index is 0.0666. The Balaban J connectivity index is 3.59. The lowest BCUT2D eigenvalue weighted by atomic mass is 10.2. The fourth-order valence-electron chi connectivity index (χ4n) is 0.938. The highest BCUT2D eigenvalue weighted by molar-refractivity contribution is 5.78. The zero-order valence-corrected chi connectivity index (χ0v) is 8.09. The van der Waals surface area contributed by atoms with E-state index < -0.39 is 5.91 Å². The van der Waals surface area contributed by atoms with E-state index in [4.69, 9.17) is 5.73 Å². The van der Waals surface area contributed by atoms with Crippen molar-refractivity contribution < 1.29 is 9.59 Å². The Morgan fingerprint density at radius 1 is 1.46 bits per heavy atom. The van der Waals surface area contributed by atoms with Crippen molar-refractivity contribution in [1.82, 2.24) is 10.6 Å². The number of carbonyl (C=O) groups excluding carboxylic acids is 2. The molecule has 0 heterocycles. The van der Waals surface area contributed by atoms with Crippen molar-refractivity contribution in [1.29, 1.82) is 0 Å². The maximum absolute atomic E-state index is 11.1. The summed E-state index contributed by atoms with van der Waals surface area (Å²) in [5.41, 5.74) is 4.97. The van der Waals surface area contributed by atoms with Crippen LogP contribution in [-0.4, -0.2) is 31.4 Å². The maximum Gasteiger partial charge on any atom is 0.221 e. The van der Waals surface area contributed by atoms with E-state index in [9.17, 15) is 9.59 Å². The van der Waals surface area contributed by atoms with Crippen molar-refractivity contribution >= 4 is 11.8 Å². The molecule has 0 fully saturated rings. The number of nitrogens with one attached hydrogen (secondary N) is 2. The highest BCUT2D eigenvalue weighted by Gasteiger charge is 2.08. The molecule has 5 nitrogen and oxygen atoms in total. The Kier molecular flexibility index (Phi) is 5.88. The summed E-state index contributed by atoms with van der Waals surface area (Å²) in [4.78, 5) is 21.6. The van der Waals surface area contributed by atoms with E-state index in [1.165, 1.54) is 0 Å². The van der Waals surface area contributed by atoms with Gasteiger partial charge in [-0.3, -0.25) is 9.59 Å². The first kappa shape index (κ1) is 11.9. The molecule has 0 saturated heterocycles. The predicted molar refractivity (Wildman–Crippen MR) is 50.0 cm³/mol. The van der Waals surface area contributed by atoms with Gasteiger partial charge in [-0.05, 0) is 14.0 Å². The Morgan fingerprint density at radius 3 is 2.54 bits per heavy atom. The highest BCUT2D eigenvalue weighted by Crippen LogP contribution is 1.89. The van der Waals surface area contributed by atoms with Crippen LogP contribution in [0.1, 0.15) is 19.8 Å². The molecule has 1 unspecified atom stereocenters. The van der Waals surface area contributed by atoms with Crippen molar-refractivity contribution in [2.24, 2.45) is 5.73 Å². The monoisotopic (exact) mass is 187 g/mol. The Labute approximate surface area is 78.1 Å². The van der Waals surface area contributed by atoms with E-state index in [0.29, 0.717) is 13.0 Å². The number of nitrogens with two attached hydrogens (primary N) is 1. The molecule has 0 spiro atoms. The minimum Gasteiger partial charge on any atom is -0.370 e. The van der Waals surface area contributed by atoms with Gasteiger partial charge in [-0.25, -0.2) is 0 Å². The van der Waals surface area contributed by atoms with Crippen molar-refractivity contribution in [2.45, 2.75) is 25.8 Å². The van der Waals surface area contributed by atoms with Gasteiger partial charge in [0.2, 0.25) is 11.8 Å². The van der Waals surface area contributed by atoms with Crippen LogP contribution in [0.15, 0.2) is 0 Å². The van der Waals surface area contributed by atoms with Gasteiger partial charge in [-0.15, -0.1) is 0 Å². The lowest BCUT2D eigenvalue weighted by Gasteiger charge is -2.11. The standard InChI is InChI=1S/C8H17N3O2/c1-6(5-7(9)12)11-8(13)3-4-10-2/h6,10H,3-5H2,1-2H3,(H2,9,12)(H,11,13). The van der Waals surface area contributed by atoms with Crippen molar-refractivity contribution in [3.8, 4) is 0 Å². The summed E-state index contributed by atoms with van der Waals surface area (Å²) < 4.78 is 0. The van der Waals surface area contributed by atoms with Gasteiger partial charge in [0.05, 0.1) is 0 Å². The fourth-order valence-corrected chi connectivity index (χ4v) is 0.938. The van der Waals surface area contributed by atoms with E-state index in [1.807, 2.05) is 0 Å². The first-order valence-corrected chi connectivity index (χ1v) is 4.28. The summed E-state index contributed by atoms with van der Waals surface area (Å²) in [6.07, 6.45) is 0.602. The Hall–Kier alpha value is -1.10. The molecule has 76 valence electrons. The van der Waals surface area contributed by atoms with E-state index in [1.54, 1.807) is 14.0 Å². The van der Waals surface area contributed by atoms with Crippen LogP contribution in [0.4, 0.5) is 0 Å². The fraction of sp³-hybridized carbons (Fsp3) is 0.750. The second-order valence-electron chi connectivity index (χ2n) is 2.99. The third-order valence-electron chi connectivity index (χ3n) is 1.52. The lowest BCUT2D eigenvalue weighted by molar-refractivity contribution is -0.122. The molecule has 13 heavy (non-hydrogen) atoms. The van der Waals surface area contributed by atoms with Gasteiger partial charge in [0.15, 0.2) is 0 Å². The molecule has 0 bridgehead atoms. The van der Waals surface area contributed by atoms with Crippen LogP contribution in [-0.2, 0) is 9.59 Å². The van der Waals surface area contributed by atoms with Crippen LogP contribution in [0, 0.1) is 0 Å². The summed E-state index contributed by atoms with van der Waals surface area (Å²) >= 11 is 0. The first-order chi connectivity index (χ1) is 6.06. The summed E-state index contributed by atoms with van der Waals surface area (Å²) in [6, 6.07) is -0.179. The predicted octanol–water partition coefficient (Wildman–Crippen LogP) is -1.02. The summed E-state index contributed by atoms with van der Waals surface area (Å²) in [7, 11) is 1.78. The molecule has 0 aromatic carbocycles. The topological polar surface area (TPSA) is 84.2 Å². The van der Waals surface area contributed by atoms with Gasteiger partial charge in [-0.1, -0.05) is 0 Å². The molecule has 5 heteroatoms. The molecule has 0 radical (unpaired) electrons. The molecule has 0 aliphatic carbocycles. The summed E-state index contributed by atoms with van der Waals surface area (Å²) in [5, 5.41) is 5.53. The molecular formula is C8H17N3O2. The average Bonchev–Trinajstić information content (AvgIpc) is 1.98. The van der Waals surface area contributed by atoms with Gasteiger partial charge in [-0.2, -0.15) is 0 Å². The average molecular weight is 187 g/mol. The van der Waals surface area contributed by atoms with E-state index in [0.717, 1.165) is 0 Å². The van der Waals surface area contributed by atoms with Gasteiger partial charge >= 0.3 is 0 Å². The van der Waals surface area contributed by atoms with Crippen molar-refractivity contribution in [2.75, 3.05) is 13.6 Å². The van der Waals surface area contributed by atoms with Gasteiger partial charge in [0.25, 0.3) is 0 Å². The van der Waals surface area contributed by atoms with Crippen LogP contribution in [0.3, 0.4) is 0 Å². The number of hydrogen-bond donors (Lipinski definition) is 3. The van der Waals surface area contributed by atoms with Gasteiger partial charge in [0, 0.05) is 25.4 Å². The molecule has 2 amide bonds. The maximum atomic E-state index is 11.1. The van der Waals surface area contributed by atoms with E-state index in [-0.39, 0.29) is 18.4 Å². The third-order valence-corrected chi connectivity index (χ3v) is 1.52. The van der Waals surface area contributed by atoms with E-state index >= 15 is 0 Å². The number of primary amides is 1. The van der Waals surface area contributed by atoms with Crippen LogP contribution in [0.2, 0.25) is 0 Å². The lowest BCUT2D eigenvalue weighted by Crippen LogP contribution is -2.36. The Morgan fingerprint density at radius 2 is 2.08 bits per heavy atom. The Bertz CT molecular complexity index is 182. The number of rotatable bonds is 6. The normalized spacial score (nSPS) is 12.2. The second kappa shape index (κ2) is 6.42. The van der Waals surface area contributed by atoms with Crippen LogP contribution in [0.5, 0.6) is 0 Å². The number of hydrogen-bond acceptors (Lipinski definition) is 3. The smallest absolute Gasteiger partial charge is 0.221 e. The van der Waals surface area contributed by atoms with Gasteiger partial charge in [0.1, 0.15) is 0 Å². The largest absolute Gasteiger partial charge is 0.370 e. The molecule has 0 aromatic rings. The molecule has 4 N–H and O–H groups in total. The van der Waals surface area contributed by atoms with Crippen LogP contribution >= 0.6 is 0 Å². The molecular weight excluding hydrogens is 170 g/mol. The summed E-state index contributed by atoms with van der Waals surface area (Å²) in [6.45, 7) is 2.39. The van der Waals surface area contributed by atoms with Crippen molar-refractivity contribution in [3.63, 3.8) is 0 Å². The van der Waals surface area contributed by atoms with Crippen molar-refractivity contribution in [3.05, 3.63) is 0 Å². The molecule has 0 saturated carbocycles. The first-order valence-electron chi connectivity index (χ1n) is 4.28. The number of carbonyl (C=O) groups is 2. The molecule has 0 rings (SSSR count). The molecule has 0 aliphatic rings. The van der Waals surface area contributed by atoms with Gasteiger partial charge < -0.3 is 16.4 Å². The zero-order valence-electron chi connectivity index (χ0n) is 8.09. The molecule has 1 atom stereocenters. The highest BCUT2D eigenvalue weighted by atomic mass is 16.2. The molecule has 0 aliphatic heterocycles. The zero-order chi connectivity index (χ0) is 10.3. The third kappa shape index (κ3) is 7.27. The van der Waals surface area contributed by atoms with Crippen LogP contribution < -0.4 is 16.4 Å².